The van der Waals surface area contributed by atoms with Gasteiger partial charge in [0.05, 0.1) is 12.6 Å². The molecule has 1 fully saturated rings. The molecule has 3 nitrogen and oxygen atoms in total. The molecule has 1 aliphatic rings. The normalized spacial score (nSPS) is 19.3. The lowest BCUT2D eigenvalue weighted by Crippen LogP contribution is -2.39. The first-order chi connectivity index (χ1) is 9.06. The third kappa shape index (κ3) is 3.85. The first-order valence-corrected chi connectivity index (χ1v) is 6.75. The number of aliphatic hydroxyl groups excluding tert-OH is 1. The lowest BCUT2D eigenvalue weighted by molar-refractivity contribution is 0.0664. The fraction of sp³-hybridized carbons (Fsp3) is 0.533. The Morgan fingerprint density at radius 1 is 1.37 bits per heavy atom. The van der Waals surface area contributed by atoms with E-state index in [2.05, 4.69) is 4.90 Å². The number of benzene rings is 1. The van der Waals surface area contributed by atoms with Crippen LogP contribution in [0.5, 0.6) is 0 Å². The number of carbonyl (C=O) groups excluding carboxylic acids is 1. The Bertz CT molecular complexity index is 422. The van der Waals surface area contributed by atoms with Crippen LogP contribution in [0.15, 0.2) is 24.3 Å². The molecule has 19 heavy (non-hydrogen) atoms. The maximum atomic E-state index is 12.8. The van der Waals surface area contributed by atoms with E-state index in [1.165, 1.54) is 24.3 Å². The SMILES string of the molecule is CC(O)C1CCN(CC(=O)c2ccc(F)cc2)CC1. The highest BCUT2D eigenvalue weighted by atomic mass is 19.1. The number of Topliss-reactive ketones (excluding diaryl/α,β-unsaturated/α-hetero) is 1. The predicted molar refractivity (Wildman–Crippen MR) is 71.6 cm³/mol. The average molecular weight is 265 g/mol. The monoisotopic (exact) mass is 265 g/mol. The summed E-state index contributed by atoms with van der Waals surface area (Å²) < 4.78 is 12.8. The maximum Gasteiger partial charge on any atom is 0.176 e. The number of hydrogen-bond donors (Lipinski definition) is 1. The molecule has 1 aliphatic heterocycles. The summed E-state index contributed by atoms with van der Waals surface area (Å²) in [6, 6.07) is 5.68. The number of likely N-dealkylation sites (tertiary alicyclic amines) is 1. The Kier molecular flexibility index (Phi) is 4.66. The van der Waals surface area contributed by atoms with Gasteiger partial charge in [-0.15, -0.1) is 0 Å². The van der Waals surface area contributed by atoms with E-state index >= 15 is 0 Å². The van der Waals surface area contributed by atoms with Crippen molar-refractivity contribution in [1.82, 2.24) is 4.90 Å². The van der Waals surface area contributed by atoms with E-state index in [0.29, 0.717) is 18.0 Å². The van der Waals surface area contributed by atoms with E-state index in [4.69, 9.17) is 0 Å². The Morgan fingerprint density at radius 2 is 1.95 bits per heavy atom. The molecule has 1 saturated heterocycles. The van der Waals surface area contributed by atoms with Crippen LogP contribution >= 0.6 is 0 Å². The van der Waals surface area contributed by atoms with Crippen LogP contribution < -0.4 is 0 Å². The Morgan fingerprint density at radius 3 is 2.47 bits per heavy atom. The molecular weight excluding hydrogens is 245 g/mol. The summed E-state index contributed by atoms with van der Waals surface area (Å²) in [6.45, 7) is 3.87. The zero-order valence-corrected chi connectivity index (χ0v) is 11.2. The van der Waals surface area contributed by atoms with E-state index < -0.39 is 0 Å². The van der Waals surface area contributed by atoms with Crippen LogP contribution in [0.4, 0.5) is 4.39 Å². The summed E-state index contributed by atoms with van der Waals surface area (Å²) in [4.78, 5) is 14.1. The highest BCUT2D eigenvalue weighted by molar-refractivity contribution is 5.97. The lowest BCUT2D eigenvalue weighted by Gasteiger charge is -2.32. The average Bonchev–Trinajstić information content (AvgIpc) is 2.40. The van der Waals surface area contributed by atoms with Gasteiger partial charge in [0.2, 0.25) is 0 Å². The van der Waals surface area contributed by atoms with Crippen molar-refractivity contribution in [1.29, 1.82) is 0 Å². The zero-order chi connectivity index (χ0) is 13.8. The number of nitrogens with zero attached hydrogens (tertiary/aromatic N) is 1. The molecule has 4 heteroatoms. The molecule has 0 bridgehead atoms. The van der Waals surface area contributed by atoms with E-state index in [1.54, 1.807) is 0 Å². The number of halogens is 1. The Hall–Kier alpha value is -1.26. The minimum atomic E-state index is -0.325. The standard InChI is InChI=1S/C15H20FNO2/c1-11(18)12-6-8-17(9-7-12)10-15(19)13-2-4-14(16)5-3-13/h2-5,11-12,18H,6-10H2,1H3. The van der Waals surface area contributed by atoms with Gasteiger partial charge in [-0.05, 0) is 63.0 Å². The van der Waals surface area contributed by atoms with E-state index in [9.17, 15) is 14.3 Å². The number of carbonyl (C=O) groups is 1. The third-order valence-electron chi connectivity index (χ3n) is 3.85. The predicted octanol–water partition coefficient (Wildman–Crippen LogP) is 2.10. The van der Waals surface area contributed by atoms with E-state index in [1.807, 2.05) is 6.92 Å². The van der Waals surface area contributed by atoms with Gasteiger partial charge < -0.3 is 5.11 Å². The zero-order valence-electron chi connectivity index (χ0n) is 11.2. The molecule has 1 heterocycles. The van der Waals surface area contributed by atoms with Crippen molar-refractivity contribution in [3.63, 3.8) is 0 Å². The van der Waals surface area contributed by atoms with Crippen LogP contribution in [0.1, 0.15) is 30.1 Å². The van der Waals surface area contributed by atoms with Crippen LogP contribution in [-0.2, 0) is 0 Å². The largest absolute Gasteiger partial charge is 0.393 e. The van der Waals surface area contributed by atoms with Crippen LogP contribution in [0.2, 0.25) is 0 Å². The van der Waals surface area contributed by atoms with E-state index in [0.717, 1.165) is 25.9 Å². The van der Waals surface area contributed by atoms with Gasteiger partial charge in [-0.1, -0.05) is 0 Å². The summed E-state index contributed by atoms with van der Waals surface area (Å²) in [5.41, 5.74) is 0.555. The smallest absolute Gasteiger partial charge is 0.176 e. The molecule has 0 aromatic heterocycles. The summed E-state index contributed by atoms with van der Waals surface area (Å²) in [7, 11) is 0. The van der Waals surface area contributed by atoms with Gasteiger partial charge in [0.15, 0.2) is 5.78 Å². The molecule has 1 unspecified atom stereocenters. The summed E-state index contributed by atoms with van der Waals surface area (Å²) >= 11 is 0. The fourth-order valence-corrected chi connectivity index (χ4v) is 2.52. The molecule has 0 saturated carbocycles. The minimum absolute atomic E-state index is 0.0236. The van der Waals surface area contributed by atoms with Crippen LogP contribution in [0.25, 0.3) is 0 Å². The quantitative estimate of drug-likeness (QED) is 0.848. The van der Waals surface area contributed by atoms with Gasteiger partial charge in [0, 0.05) is 5.56 Å². The molecule has 0 spiro atoms. The number of hydrogen-bond acceptors (Lipinski definition) is 3. The van der Waals surface area contributed by atoms with Gasteiger partial charge in [-0.2, -0.15) is 0 Å². The summed E-state index contributed by atoms with van der Waals surface area (Å²) in [5.74, 6) is 0.0435. The summed E-state index contributed by atoms with van der Waals surface area (Å²) in [5, 5.41) is 9.53. The van der Waals surface area contributed by atoms with Gasteiger partial charge in [-0.25, -0.2) is 4.39 Å². The molecular formula is C15H20FNO2. The molecule has 1 aromatic rings. The molecule has 1 aromatic carbocycles. The molecule has 104 valence electrons. The molecule has 2 rings (SSSR count). The number of rotatable bonds is 4. The highest BCUT2D eigenvalue weighted by Crippen LogP contribution is 2.20. The van der Waals surface area contributed by atoms with Crippen molar-refractivity contribution in [2.24, 2.45) is 5.92 Å². The van der Waals surface area contributed by atoms with Gasteiger partial charge in [0.25, 0.3) is 0 Å². The van der Waals surface area contributed by atoms with Crippen molar-refractivity contribution in [3.8, 4) is 0 Å². The van der Waals surface area contributed by atoms with E-state index in [-0.39, 0.29) is 17.7 Å². The molecule has 0 amide bonds. The van der Waals surface area contributed by atoms with Gasteiger partial charge in [-0.3, -0.25) is 9.69 Å². The Labute approximate surface area is 113 Å². The second-order valence-corrected chi connectivity index (χ2v) is 5.28. The number of piperidine rings is 1. The van der Waals surface area contributed by atoms with Crippen LogP contribution in [0, 0.1) is 11.7 Å². The molecule has 1 atom stereocenters. The fourth-order valence-electron chi connectivity index (χ4n) is 2.52. The van der Waals surface area contributed by atoms with Crippen molar-refractivity contribution in [2.75, 3.05) is 19.6 Å². The molecule has 1 N–H and O–H groups in total. The highest BCUT2D eigenvalue weighted by Gasteiger charge is 2.23. The molecule has 0 radical (unpaired) electrons. The second kappa shape index (κ2) is 6.26. The number of ketones is 1. The minimum Gasteiger partial charge on any atom is -0.393 e. The van der Waals surface area contributed by atoms with Crippen molar-refractivity contribution in [3.05, 3.63) is 35.6 Å². The summed E-state index contributed by atoms with van der Waals surface area (Å²) in [6.07, 6.45) is 1.58. The number of aliphatic hydroxyl groups is 1. The van der Waals surface area contributed by atoms with Crippen molar-refractivity contribution < 1.29 is 14.3 Å². The van der Waals surface area contributed by atoms with Crippen molar-refractivity contribution >= 4 is 5.78 Å². The Balaban J connectivity index is 1.85. The van der Waals surface area contributed by atoms with Crippen LogP contribution in [-0.4, -0.2) is 41.5 Å². The van der Waals surface area contributed by atoms with Crippen molar-refractivity contribution in [2.45, 2.75) is 25.9 Å². The van der Waals surface area contributed by atoms with Crippen LogP contribution in [0.3, 0.4) is 0 Å². The van der Waals surface area contributed by atoms with Gasteiger partial charge in [0.1, 0.15) is 5.82 Å². The maximum absolute atomic E-state index is 12.8. The topological polar surface area (TPSA) is 40.5 Å². The first kappa shape index (κ1) is 14.2. The molecule has 0 aliphatic carbocycles. The van der Waals surface area contributed by atoms with Gasteiger partial charge >= 0.3 is 0 Å². The lowest BCUT2D eigenvalue weighted by atomic mass is 9.92. The third-order valence-corrected chi connectivity index (χ3v) is 3.85. The second-order valence-electron chi connectivity index (χ2n) is 5.28. The first-order valence-electron chi connectivity index (χ1n) is 6.75.